The Hall–Kier alpha value is -2.03. The quantitative estimate of drug-likeness (QED) is 0.320. The van der Waals surface area contributed by atoms with Crippen molar-refractivity contribution in [2.24, 2.45) is 10.7 Å². The first kappa shape index (κ1) is 23.0. The molecule has 2 rings (SSSR count). The molecule has 0 aliphatic heterocycles. The Morgan fingerprint density at radius 3 is 2.33 bits per heavy atom. The molecular weight excluding hydrogens is 455 g/mol. The van der Waals surface area contributed by atoms with E-state index in [-0.39, 0.29) is 35.2 Å². The lowest BCUT2D eigenvalue weighted by atomic mass is 9.84. The lowest BCUT2D eigenvalue weighted by Crippen LogP contribution is -2.43. The highest BCUT2D eigenvalue weighted by molar-refractivity contribution is 14.0. The molecule has 0 saturated carbocycles. The van der Waals surface area contributed by atoms with Gasteiger partial charge in [0.05, 0.1) is 6.54 Å². The van der Waals surface area contributed by atoms with E-state index in [1.807, 2.05) is 0 Å². The maximum atomic E-state index is 11.1. The summed E-state index contributed by atoms with van der Waals surface area (Å²) >= 11 is 0. The van der Waals surface area contributed by atoms with Gasteiger partial charge < -0.3 is 20.8 Å². The van der Waals surface area contributed by atoms with Crippen molar-refractivity contribution in [1.82, 2.24) is 10.6 Å². The van der Waals surface area contributed by atoms with E-state index in [9.17, 15) is 4.79 Å². The molecule has 27 heavy (non-hydrogen) atoms. The number of furan rings is 1. The van der Waals surface area contributed by atoms with Crippen LogP contribution in [0.1, 0.15) is 48.2 Å². The summed E-state index contributed by atoms with van der Waals surface area (Å²) < 4.78 is 5.36. The molecule has 0 radical (unpaired) electrons. The van der Waals surface area contributed by atoms with Crippen LogP contribution in [-0.4, -0.2) is 25.5 Å². The van der Waals surface area contributed by atoms with Gasteiger partial charge in [-0.15, -0.1) is 24.0 Å². The molecule has 1 amide bonds. The number of aliphatic imine (C=N–C) groups is 1. The van der Waals surface area contributed by atoms with Gasteiger partial charge in [-0.25, -0.2) is 0 Å². The van der Waals surface area contributed by atoms with Crippen LogP contribution < -0.4 is 16.4 Å². The van der Waals surface area contributed by atoms with E-state index < -0.39 is 5.91 Å². The number of carbonyl (C=O) groups is 1. The molecule has 1 heterocycles. The summed E-state index contributed by atoms with van der Waals surface area (Å²) in [4.78, 5) is 15.3. The molecule has 2 aromatic rings. The number of nitrogens with zero attached hydrogens (tertiary/aromatic N) is 1. The molecule has 4 N–H and O–H groups in total. The van der Waals surface area contributed by atoms with Crippen molar-refractivity contribution < 1.29 is 9.21 Å². The van der Waals surface area contributed by atoms with E-state index in [4.69, 9.17) is 10.2 Å². The van der Waals surface area contributed by atoms with Gasteiger partial charge in [-0.05, 0) is 29.7 Å². The van der Waals surface area contributed by atoms with E-state index in [1.54, 1.807) is 19.2 Å². The fraction of sp³-hybridized carbons (Fsp3) is 0.400. The van der Waals surface area contributed by atoms with Crippen LogP contribution in [0.5, 0.6) is 0 Å². The maximum absolute atomic E-state index is 11.1. The van der Waals surface area contributed by atoms with Crippen molar-refractivity contribution in [1.29, 1.82) is 0 Å². The van der Waals surface area contributed by atoms with Gasteiger partial charge in [-0.2, -0.15) is 0 Å². The molecule has 0 aliphatic carbocycles. The van der Waals surface area contributed by atoms with Crippen molar-refractivity contribution >= 4 is 35.8 Å². The second-order valence-corrected chi connectivity index (χ2v) is 6.84. The van der Waals surface area contributed by atoms with Crippen LogP contribution in [0, 0.1) is 0 Å². The standard InChI is InChI=1S/C20H28N4O2.HI/c1-5-14-6-8-15(9-7-14)20(2,3)13-24-19(22-4)23-12-16-10-11-17(26-16)18(21)25;/h6-11H,5,12-13H2,1-4H3,(H2,21,25)(H2,22,23,24);1H. The minimum absolute atomic E-state index is 0. The summed E-state index contributed by atoms with van der Waals surface area (Å²) in [6, 6.07) is 12.0. The Bertz CT molecular complexity index is 767. The zero-order valence-corrected chi connectivity index (χ0v) is 18.7. The van der Waals surface area contributed by atoms with Crippen LogP contribution in [0.4, 0.5) is 0 Å². The number of halogens is 1. The van der Waals surface area contributed by atoms with Gasteiger partial charge in [0.15, 0.2) is 11.7 Å². The number of aryl methyl sites for hydroxylation is 1. The molecule has 0 spiro atoms. The van der Waals surface area contributed by atoms with Gasteiger partial charge in [-0.3, -0.25) is 9.79 Å². The van der Waals surface area contributed by atoms with Crippen LogP contribution in [0.3, 0.4) is 0 Å². The average molecular weight is 484 g/mol. The van der Waals surface area contributed by atoms with Crippen LogP contribution in [-0.2, 0) is 18.4 Å². The molecule has 0 bridgehead atoms. The van der Waals surface area contributed by atoms with Crippen LogP contribution in [0.15, 0.2) is 45.8 Å². The lowest BCUT2D eigenvalue weighted by Gasteiger charge is -2.27. The predicted molar refractivity (Wildman–Crippen MR) is 120 cm³/mol. The number of hydrogen-bond acceptors (Lipinski definition) is 3. The Balaban J connectivity index is 0.00000364. The Morgan fingerprint density at radius 2 is 1.81 bits per heavy atom. The fourth-order valence-corrected chi connectivity index (χ4v) is 2.60. The summed E-state index contributed by atoms with van der Waals surface area (Å²) in [7, 11) is 1.72. The van der Waals surface area contributed by atoms with Crippen LogP contribution in [0.2, 0.25) is 0 Å². The fourth-order valence-electron chi connectivity index (χ4n) is 2.60. The SMILES string of the molecule is CCc1ccc(C(C)(C)CNC(=NC)NCc2ccc(C(N)=O)o2)cc1.I. The Kier molecular flexibility index (Phi) is 8.81. The highest BCUT2D eigenvalue weighted by Crippen LogP contribution is 2.22. The number of hydrogen-bond donors (Lipinski definition) is 3. The third-order valence-electron chi connectivity index (χ3n) is 4.40. The second kappa shape index (κ2) is 10.3. The number of guanidine groups is 1. The highest BCUT2D eigenvalue weighted by atomic mass is 127. The monoisotopic (exact) mass is 484 g/mol. The Morgan fingerprint density at radius 1 is 1.15 bits per heavy atom. The first-order valence-electron chi connectivity index (χ1n) is 8.78. The number of carbonyl (C=O) groups excluding carboxylic acids is 1. The molecule has 6 nitrogen and oxygen atoms in total. The molecule has 0 unspecified atom stereocenters. The van der Waals surface area contributed by atoms with Gasteiger partial charge in [0.25, 0.3) is 5.91 Å². The van der Waals surface area contributed by atoms with Gasteiger partial charge in [0.2, 0.25) is 0 Å². The summed E-state index contributed by atoms with van der Waals surface area (Å²) in [5, 5.41) is 6.52. The summed E-state index contributed by atoms with van der Waals surface area (Å²) in [6.45, 7) is 7.68. The summed E-state index contributed by atoms with van der Waals surface area (Å²) in [5.41, 5.74) is 7.75. The number of primary amides is 1. The topological polar surface area (TPSA) is 92.6 Å². The summed E-state index contributed by atoms with van der Waals surface area (Å²) in [6.07, 6.45) is 1.04. The van der Waals surface area contributed by atoms with Gasteiger partial charge in [0.1, 0.15) is 5.76 Å². The molecule has 148 valence electrons. The lowest BCUT2D eigenvalue weighted by molar-refractivity contribution is 0.0972. The van der Waals surface area contributed by atoms with Gasteiger partial charge >= 0.3 is 0 Å². The van der Waals surface area contributed by atoms with Gasteiger partial charge in [-0.1, -0.05) is 45.0 Å². The predicted octanol–water partition coefficient (Wildman–Crippen LogP) is 3.20. The van der Waals surface area contributed by atoms with E-state index in [2.05, 4.69) is 60.7 Å². The first-order valence-corrected chi connectivity index (χ1v) is 8.78. The molecule has 7 heteroatoms. The van der Waals surface area contributed by atoms with E-state index in [0.29, 0.717) is 18.3 Å². The molecule has 1 aromatic heterocycles. The summed E-state index contributed by atoms with van der Waals surface area (Å²) in [5.74, 6) is 0.868. The minimum Gasteiger partial charge on any atom is -0.454 e. The number of nitrogens with two attached hydrogens (primary N) is 1. The third kappa shape index (κ3) is 6.57. The number of nitrogens with one attached hydrogen (secondary N) is 2. The molecule has 0 fully saturated rings. The number of benzene rings is 1. The molecule has 0 aliphatic rings. The van der Waals surface area contributed by atoms with E-state index >= 15 is 0 Å². The molecular formula is C20H29IN4O2. The van der Waals surface area contributed by atoms with Crippen molar-refractivity contribution in [2.45, 2.75) is 39.2 Å². The molecule has 0 saturated heterocycles. The van der Waals surface area contributed by atoms with Crippen molar-refractivity contribution in [3.63, 3.8) is 0 Å². The zero-order chi connectivity index (χ0) is 19.2. The largest absolute Gasteiger partial charge is 0.454 e. The van der Waals surface area contributed by atoms with Crippen molar-refractivity contribution in [3.05, 3.63) is 59.0 Å². The average Bonchev–Trinajstić information content (AvgIpc) is 3.11. The number of rotatable bonds is 7. The van der Waals surface area contributed by atoms with E-state index in [0.717, 1.165) is 13.0 Å². The van der Waals surface area contributed by atoms with E-state index in [1.165, 1.54) is 11.1 Å². The van der Waals surface area contributed by atoms with Crippen molar-refractivity contribution in [2.75, 3.05) is 13.6 Å². The maximum Gasteiger partial charge on any atom is 0.284 e. The number of amides is 1. The zero-order valence-electron chi connectivity index (χ0n) is 16.3. The highest BCUT2D eigenvalue weighted by Gasteiger charge is 2.21. The smallest absolute Gasteiger partial charge is 0.284 e. The van der Waals surface area contributed by atoms with Crippen LogP contribution >= 0.6 is 24.0 Å². The van der Waals surface area contributed by atoms with Crippen LogP contribution in [0.25, 0.3) is 0 Å². The normalized spacial score (nSPS) is 11.6. The Labute approximate surface area is 178 Å². The van der Waals surface area contributed by atoms with Crippen molar-refractivity contribution in [3.8, 4) is 0 Å². The minimum atomic E-state index is -0.574. The molecule has 1 aromatic carbocycles. The van der Waals surface area contributed by atoms with Gasteiger partial charge in [0, 0.05) is 19.0 Å². The second-order valence-electron chi connectivity index (χ2n) is 6.84. The molecule has 0 atom stereocenters. The third-order valence-corrected chi connectivity index (χ3v) is 4.40. The first-order chi connectivity index (χ1) is 12.4.